The lowest BCUT2D eigenvalue weighted by Gasteiger charge is -2.26. The monoisotopic (exact) mass is 455 g/mol. The van der Waals surface area contributed by atoms with Gasteiger partial charge in [-0.1, -0.05) is 32.9 Å². The summed E-state index contributed by atoms with van der Waals surface area (Å²) >= 11 is 1.30. The summed E-state index contributed by atoms with van der Waals surface area (Å²) in [5.74, 6) is 0.142. The maximum Gasteiger partial charge on any atom is 0.261 e. The van der Waals surface area contributed by atoms with E-state index in [1.807, 2.05) is 24.3 Å². The molecular weight excluding hydrogens is 426 g/mol. The van der Waals surface area contributed by atoms with E-state index in [1.165, 1.54) is 16.9 Å². The summed E-state index contributed by atoms with van der Waals surface area (Å²) < 4.78 is 5.34. The summed E-state index contributed by atoms with van der Waals surface area (Å²) in [6, 6.07) is 9.36. The Kier molecular flexibility index (Phi) is 6.59. The van der Waals surface area contributed by atoms with Crippen molar-refractivity contribution in [3.63, 3.8) is 0 Å². The second-order valence-electron chi connectivity index (χ2n) is 8.92. The van der Waals surface area contributed by atoms with E-state index in [1.54, 1.807) is 6.07 Å². The Morgan fingerprint density at radius 1 is 1.16 bits per heavy atom. The number of nitrogens with one attached hydrogen (secondary N) is 3. The van der Waals surface area contributed by atoms with Crippen molar-refractivity contribution in [3.8, 4) is 0 Å². The van der Waals surface area contributed by atoms with Crippen molar-refractivity contribution in [3.05, 3.63) is 46.3 Å². The molecule has 2 amide bonds. The van der Waals surface area contributed by atoms with Crippen LogP contribution in [0.25, 0.3) is 10.2 Å². The van der Waals surface area contributed by atoms with E-state index in [2.05, 4.69) is 46.5 Å². The predicted octanol–water partition coefficient (Wildman–Crippen LogP) is 3.24. The molecule has 0 aliphatic carbocycles. The highest BCUT2D eigenvalue weighted by Crippen LogP contribution is 2.29. The number of anilines is 1. The SMILES string of the molecule is CC(C)(C)c1ccc(C(=O)Nc2[nH]nc3sc(C(=O)NCCN4CCOCC4)cc23)cc1. The van der Waals surface area contributed by atoms with Gasteiger partial charge in [0.25, 0.3) is 11.8 Å². The number of thiophene rings is 1. The normalized spacial score (nSPS) is 15.1. The number of benzene rings is 1. The lowest BCUT2D eigenvalue weighted by atomic mass is 9.87. The average Bonchev–Trinajstić information content (AvgIpc) is 3.36. The van der Waals surface area contributed by atoms with Crippen molar-refractivity contribution in [1.82, 2.24) is 20.4 Å². The number of morpholine rings is 1. The molecule has 32 heavy (non-hydrogen) atoms. The number of fused-ring (bicyclic) bond motifs is 1. The van der Waals surface area contributed by atoms with Crippen LogP contribution in [0.3, 0.4) is 0 Å². The summed E-state index contributed by atoms with van der Waals surface area (Å²) in [5.41, 5.74) is 1.76. The van der Waals surface area contributed by atoms with E-state index in [0.717, 1.165) is 38.2 Å². The van der Waals surface area contributed by atoms with Gasteiger partial charge in [-0.15, -0.1) is 11.3 Å². The van der Waals surface area contributed by atoms with Gasteiger partial charge in [-0.2, -0.15) is 5.10 Å². The first-order valence-corrected chi connectivity index (χ1v) is 11.6. The molecule has 2 aromatic heterocycles. The lowest BCUT2D eigenvalue weighted by Crippen LogP contribution is -2.41. The molecule has 170 valence electrons. The van der Waals surface area contributed by atoms with Crippen LogP contribution in [0, 0.1) is 0 Å². The van der Waals surface area contributed by atoms with Crippen molar-refractivity contribution in [2.45, 2.75) is 26.2 Å². The maximum absolute atomic E-state index is 12.7. The second kappa shape index (κ2) is 9.40. The van der Waals surface area contributed by atoms with Gasteiger partial charge < -0.3 is 15.4 Å². The number of carbonyl (C=O) groups is 2. The smallest absolute Gasteiger partial charge is 0.261 e. The third-order valence-corrected chi connectivity index (χ3v) is 6.57. The summed E-state index contributed by atoms with van der Waals surface area (Å²) in [6.07, 6.45) is 0. The molecule has 3 heterocycles. The number of aromatic nitrogens is 2. The quantitative estimate of drug-likeness (QED) is 0.530. The van der Waals surface area contributed by atoms with Crippen LogP contribution in [0.15, 0.2) is 30.3 Å². The Balaban J connectivity index is 1.38. The Morgan fingerprint density at radius 2 is 1.88 bits per heavy atom. The van der Waals surface area contributed by atoms with Crippen molar-refractivity contribution < 1.29 is 14.3 Å². The number of rotatable bonds is 6. The van der Waals surface area contributed by atoms with Crippen molar-refractivity contribution in [2.24, 2.45) is 0 Å². The van der Waals surface area contributed by atoms with Gasteiger partial charge in [-0.3, -0.25) is 19.6 Å². The standard InChI is InChI=1S/C23H29N5O3S/c1-23(2,3)16-6-4-15(5-7-16)20(29)25-19-17-14-18(32-22(17)27-26-19)21(30)24-8-9-28-10-12-31-13-11-28/h4-7,14H,8-13H2,1-3H3,(H,24,30)(H2,25,26,27,29). The van der Waals surface area contributed by atoms with Crippen molar-refractivity contribution in [1.29, 1.82) is 0 Å². The number of hydrogen-bond acceptors (Lipinski definition) is 6. The van der Waals surface area contributed by atoms with Crippen molar-refractivity contribution >= 4 is 39.2 Å². The highest BCUT2D eigenvalue weighted by atomic mass is 32.1. The molecule has 0 saturated carbocycles. The summed E-state index contributed by atoms with van der Waals surface area (Å²) in [6.45, 7) is 11.1. The van der Waals surface area contributed by atoms with Crippen LogP contribution in [0.2, 0.25) is 0 Å². The molecule has 3 N–H and O–H groups in total. The van der Waals surface area contributed by atoms with Gasteiger partial charge in [0.1, 0.15) is 10.6 Å². The molecule has 4 rings (SSSR count). The van der Waals surface area contributed by atoms with Gasteiger partial charge in [-0.25, -0.2) is 0 Å². The first kappa shape index (κ1) is 22.4. The fraction of sp³-hybridized carbons (Fsp3) is 0.435. The minimum Gasteiger partial charge on any atom is -0.379 e. The van der Waals surface area contributed by atoms with E-state index in [0.29, 0.717) is 27.6 Å². The van der Waals surface area contributed by atoms with E-state index < -0.39 is 0 Å². The molecule has 1 aromatic carbocycles. The summed E-state index contributed by atoms with van der Waals surface area (Å²) in [4.78, 5) is 28.8. The van der Waals surface area contributed by atoms with Gasteiger partial charge in [-0.05, 0) is 29.2 Å². The van der Waals surface area contributed by atoms with Crippen LogP contribution in [-0.2, 0) is 10.2 Å². The number of nitrogens with zero attached hydrogens (tertiary/aromatic N) is 2. The summed E-state index contributed by atoms with van der Waals surface area (Å²) in [5, 5.41) is 13.7. The minimum atomic E-state index is -0.223. The number of ether oxygens (including phenoxy) is 1. The molecular formula is C23H29N5O3S. The Hall–Kier alpha value is -2.75. The Morgan fingerprint density at radius 3 is 2.56 bits per heavy atom. The molecule has 8 nitrogen and oxygen atoms in total. The van der Waals surface area contributed by atoms with Gasteiger partial charge >= 0.3 is 0 Å². The fourth-order valence-electron chi connectivity index (χ4n) is 3.56. The molecule has 9 heteroatoms. The fourth-order valence-corrected chi connectivity index (χ4v) is 4.48. The van der Waals surface area contributed by atoms with Crippen LogP contribution in [0.1, 0.15) is 46.4 Å². The van der Waals surface area contributed by atoms with Gasteiger partial charge in [0.2, 0.25) is 0 Å². The molecule has 3 aromatic rings. The highest BCUT2D eigenvalue weighted by Gasteiger charge is 2.18. The van der Waals surface area contributed by atoms with Crippen LogP contribution < -0.4 is 10.6 Å². The largest absolute Gasteiger partial charge is 0.379 e. The number of aromatic amines is 1. The summed E-state index contributed by atoms with van der Waals surface area (Å²) in [7, 11) is 0. The number of hydrogen-bond donors (Lipinski definition) is 3. The lowest BCUT2D eigenvalue weighted by molar-refractivity contribution is 0.0383. The zero-order valence-electron chi connectivity index (χ0n) is 18.7. The van der Waals surface area contributed by atoms with Gasteiger partial charge in [0, 0.05) is 31.7 Å². The third-order valence-electron chi connectivity index (χ3n) is 5.54. The molecule has 0 unspecified atom stereocenters. The van der Waals surface area contributed by atoms with Crippen LogP contribution in [0.5, 0.6) is 0 Å². The van der Waals surface area contributed by atoms with Gasteiger partial charge in [0.05, 0.1) is 23.5 Å². The van der Waals surface area contributed by atoms with Crippen LogP contribution in [0.4, 0.5) is 5.82 Å². The topological polar surface area (TPSA) is 99.3 Å². The van der Waals surface area contributed by atoms with Crippen LogP contribution >= 0.6 is 11.3 Å². The molecule has 1 aliphatic rings. The number of H-pyrrole nitrogens is 1. The molecule has 1 fully saturated rings. The van der Waals surface area contributed by atoms with E-state index in [9.17, 15) is 9.59 Å². The first-order chi connectivity index (χ1) is 15.3. The average molecular weight is 456 g/mol. The number of carbonyl (C=O) groups excluding carboxylic acids is 2. The third kappa shape index (κ3) is 5.17. The zero-order valence-corrected chi connectivity index (χ0v) is 19.5. The molecule has 1 saturated heterocycles. The van der Waals surface area contributed by atoms with E-state index >= 15 is 0 Å². The van der Waals surface area contributed by atoms with E-state index in [-0.39, 0.29) is 17.2 Å². The molecule has 0 spiro atoms. The van der Waals surface area contributed by atoms with E-state index in [4.69, 9.17) is 4.74 Å². The molecule has 1 aliphatic heterocycles. The first-order valence-electron chi connectivity index (χ1n) is 10.8. The molecule has 0 atom stereocenters. The maximum atomic E-state index is 12.7. The predicted molar refractivity (Wildman–Crippen MR) is 127 cm³/mol. The molecule has 0 radical (unpaired) electrons. The number of amides is 2. The minimum absolute atomic E-state index is 0.0282. The zero-order chi connectivity index (χ0) is 22.7. The Bertz CT molecular complexity index is 1090. The Labute approximate surface area is 191 Å². The van der Waals surface area contributed by atoms with Gasteiger partial charge in [0.15, 0.2) is 0 Å². The second-order valence-corrected chi connectivity index (χ2v) is 9.95. The van der Waals surface area contributed by atoms with Crippen molar-refractivity contribution in [2.75, 3.05) is 44.7 Å². The molecule has 0 bridgehead atoms. The highest BCUT2D eigenvalue weighted by molar-refractivity contribution is 7.20. The van der Waals surface area contributed by atoms with Crippen LogP contribution in [-0.4, -0.2) is 66.3 Å².